The molecule has 1 unspecified atom stereocenters. The van der Waals surface area contributed by atoms with Crippen LogP contribution in [0.1, 0.15) is 42.4 Å². The lowest BCUT2D eigenvalue weighted by atomic mass is 10.1. The minimum atomic E-state index is -0.597. The number of carbonyl (C=O) groups excluding carboxylic acids is 1. The summed E-state index contributed by atoms with van der Waals surface area (Å²) < 4.78 is 5.47. The van der Waals surface area contributed by atoms with E-state index in [0.717, 1.165) is 5.56 Å². The summed E-state index contributed by atoms with van der Waals surface area (Å²) in [6, 6.07) is 14.5. The monoisotopic (exact) mass is 314 g/mol. The Balaban J connectivity index is 1.85. The number of carbonyl (C=O) groups is 1. The second-order valence-corrected chi connectivity index (χ2v) is 5.50. The summed E-state index contributed by atoms with van der Waals surface area (Å²) in [4.78, 5) is 16.3. The predicted octanol–water partition coefficient (Wildman–Crippen LogP) is 2.72. The van der Waals surface area contributed by atoms with E-state index in [0.29, 0.717) is 24.5 Å². The van der Waals surface area contributed by atoms with Gasteiger partial charge in [-0.25, -0.2) is 4.98 Å². The van der Waals surface area contributed by atoms with E-state index < -0.39 is 6.10 Å². The van der Waals surface area contributed by atoms with Gasteiger partial charge in [-0.15, -0.1) is 0 Å². The Labute approximate surface area is 136 Å². The maximum absolute atomic E-state index is 12.1. The zero-order valence-corrected chi connectivity index (χ0v) is 13.4. The topological polar surface area (TPSA) is 71.5 Å². The van der Waals surface area contributed by atoms with Crippen LogP contribution in [0.3, 0.4) is 0 Å². The molecule has 0 aliphatic rings. The van der Waals surface area contributed by atoms with Crippen molar-refractivity contribution >= 4 is 5.91 Å². The fraction of sp³-hybridized carbons (Fsp3) is 0.333. The molecule has 1 aromatic carbocycles. The van der Waals surface area contributed by atoms with Crippen LogP contribution in [-0.2, 0) is 0 Å². The van der Waals surface area contributed by atoms with Crippen LogP contribution < -0.4 is 10.1 Å². The number of aromatic nitrogens is 1. The molecule has 1 amide bonds. The first-order chi connectivity index (χ1) is 11.1. The molecular weight excluding hydrogens is 292 g/mol. The van der Waals surface area contributed by atoms with Crippen molar-refractivity contribution in [2.24, 2.45) is 0 Å². The number of ether oxygens (including phenoxy) is 1. The number of nitrogens with zero attached hydrogens (tertiary/aromatic N) is 1. The fourth-order valence-corrected chi connectivity index (χ4v) is 2.10. The van der Waals surface area contributed by atoms with E-state index in [-0.39, 0.29) is 12.0 Å². The molecule has 1 heterocycles. The summed E-state index contributed by atoms with van der Waals surface area (Å²) in [6.07, 6.45) is -0.153. The van der Waals surface area contributed by atoms with Gasteiger partial charge in [-0.3, -0.25) is 4.79 Å². The molecule has 0 bridgehead atoms. The normalized spacial score (nSPS) is 12.0. The van der Waals surface area contributed by atoms with Crippen LogP contribution in [0.2, 0.25) is 0 Å². The van der Waals surface area contributed by atoms with Gasteiger partial charge < -0.3 is 15.2 Å². The summed E-state index contributed by atoms with van der Waals surface area (Å²) in [7, 11) is 0. The van der Waals surface area contributed by atoms with Crippen molar-refractivity contribution < 1.29 is 14.6 Å². The Morgan fingerprint density at radius 3 is 2.61 bits per heavy atom. The van der Waals surface area contributed by atoms with Gasteiger partial charge >= 0.3 is 0 Å². The molecule has 0 aliphatic carbocycles. The second-order valence-electron chi connectivity index (χ2n) is 5.50. The third-order valence-corrected chi connectivity index (χ3v) is 3.20. The first-order valence-corrected chi connectivity index (χ1v) is 7.71. The van der Waals surface area contributed by atoms with Crippen LogP contribution in [0.5, 0.6) is 5.88 Å². The molecule has 5 heteroatoms. The Bertz CT molecular complexity index is 629. The van der Waals surface area contributed by atoms with E-state index in [4.69, 9.17) is 4.74 Å². The third kappa shape index (κ3) is 5.38. The molecule has 2 N–H and O–H groups in total. The van der Waals surface area contributed by atoms with E-state index in [1.807, 2.05) is 44.2 Å². The molecule has 23 heavy (non-hydrogen) atoms. The maximum atomic E-state index is 12.1. The highest BCUT2D eigenvalue weighted by molar-refractivity contribution is 5.92. The van der Waals surface area contributed by atoms with E-state index >= 15 is 0 Å². The van der Waals surface area contributed by atoms with Gasteiger partial charge in [0.05, 0.1) is 12.2 Å². The predicted molar refractivity (Wildman–Crippen MR) is 88.4 cm³/mol. The second kappa shape index (κ2) is 8.29. The van der Waals surface area contributed by atoms with Crippen molar-refractivity contribution in [3.05, 3.63) is 59.8 Å². The molecule has 0 aliphatic heterocycles. The number of benzene rings is 1. The highest BCUT2D eigenvalue weighted by atomic mass is 16.5. The quantitative estimate of drug-likeness (QED) is 0.824. The molecule has 1 aromatic heterocycles. The Kier molecular flexibility index (Phi) is 6.11. The van der Waals surface area contributed by atoms with Gasteiger partial charge in [0.2, 0.25) is 5.88 Å². The van der Waals surface area contributed by atoms with Gasteiger partial charge in [0.1, 0.15) is 5.69 Å². The van der Waals surface area contributed by atoms with Crippen molar-refractivity contribution in [2.75, 3.05) is 6.54 Å². The molecule has 0 fully saturated rings. The van der Waals surface area contributed by atoms with E-state index in [2.05, 4.69) is 10.3 Å². The molecule has 0 spiro atoms. The lowest BCUT2D eigenvalue weighted by Crippen LogP contribution is -2.26. The lowest BCUT2D eigenvalue weighted by Gasteiger charge is -2.12. The van der Waals surface area contributed by atoms with Crippen LogP contribution in [0.15, 0.2) is 48.5 Å². The van der Waals surface area contributed by atoms with Crippen molar-refractivity contribution in [2.45, 2.75) is 32.5 Å². The average Bonchev–Trinajstić information content (AvgIpc) is 2.55. The van der Waals surface area contributed by atoms with Crippen LogP contribution in [-0.4, -0.2) is 28.6 Å². The number of hydrogen-bond acceptors (Lipinski definition) is 4. The van der Waals surface area contributed by atoms with Gasteiger partial charge in [0, 0.05) is 12.6 Å². The van der Waals surface area contributed by atoms with Crippen molar-refractivity contribution in [3.63, 3.8) is 0 Å². The van der Waals surface area contributed by atoms with Crippen molar-refractivity contribution in [1.82, 2.24) is 10.3 Å². The molecule has 0 saturated carbocycles. The maximum Gasteiger partial charge on any atom is 0.270 e. The molecule has 2 rings (SSSR count). The van der Waals surface area contributed by atoms with Gasteiger partial charge in [-0.05, 0) is 31.9 Å². The highest BCUT2D eigenvalue weighted by Gasteiger charge is 2.11. The summed E-state index contributed by atoms with van der Waals surface area (Å²) in [5.74, 6) is 0.149. The minimum absolute atomic E-state index is 0.00170. The Morgan fingerprint density at radius 1 is 1.17 bits per heavy atom. The number of hydrogen-bond donors (Lipinski definition) is 2. The van der Waals surface area contributed by atoms with Crippen LogP contribution in [0.25, 0.3) is 0 Å². The molecule has 0 radical (unpaired) electrons. The average molecular weight is 314 g/mol. The summed E-state index contributed by atoms with van der Waals surface area (Å²) >= 11 is 0. The van der Waals surface area contributed by atoms with E-state index in [1.54, 1.807) is 18.2 Å². The molecule has 2 aromatic rings. The number of rotatable bonds is 7. The third-order valence-electron chi connectivity index (χ3n) is 3.20. The molecule has 122 valence electrons. The minimum Gasteiger partial charge on any atom is -0.475 e. The highest BCUT2D eigenvalue weighted by Crippen LogP contribution is 2.15. The number of pyridine rings is 1. The van der Waals surface area contributed by atoms with Gasteiger partial charge in [0.25, 0.3) is 5.91 Å². The van der Waals surface area contributed by atoms with E-state index in [9.17, 15) is 9.90 Å². The number of amides is 1. The van der Waals surface area contributed by atoms with Crippen LogP contribution in [0.4, 0.5) is 0 Å². The number of aliphatic hydroxyl groups is 1. The van der Waals surface area contributed by atoms with Crippen LogP contribution in [0, 0.1) is 0 Å². The summed E-state index contributed by atoms with van der Waals surface area (Å²) in [5, 5.41) is 12.8. The van der Waals surface area contributed by atoms with Crippen molar-refractivity contribution in [3.8, 4) is 5.88 Å². The van der Waals surface area contributed by atoms with Gasteiger partial charge in [-0.1, -0.05) is 36.4 Å². The Hall–Kier alpha value is -2.40. The number of nitrogens with one attached hydrogen (secondary N) is 1. The summed E-state index contributed by atoms with van der Waals surface area (Å²) in [6.45, 7) is 4.17. The number of aliphatic hydroxyl groups excluding tert-OH is 1. The van der Waals surface area contributed by atoms with Gasteiger partial charge in [0.15, 0.2) is 0 Å². The molecular formula is C18H22N2O3. The zero-order chi connectivity index (χ0) is 16.7. The standard InChI is InChI=1S/C18H22N2O3/c1-13(2)23-17-10-6-9-15(20-17)18(22)19-12-11-16(21)14-7-4-3-5-8-14/h3-10,13,16,21H,11-12H2,1-2H3,(H,19,22). The largest absolute Gasteiger partial charge is 0.475 e. The Morgan fingerprint density at radius 2 is 1.91 bits per heavy atom. The van der Waals surface area contributed by atoms with E-state index in [1.165, 1.54) is 0 Å². The SMILES string of the molecule is CC(C)Oc1cccc(C(=O)NCCC(O)c2ccccc2)n1. The van der Waals surface area contributed by atoms with Crippen LogP contribution >= 0.6 is 0 Å². The lowest BCUT2D eigenvalue weighted by molar-refractivity contribution is 0.0935. The molecule has 5 nitrogen and oxygen atoms in total. The molecule has 1 atom stereocenters. The summed E-state index contributed by atoms with van der Waals surface area (Å²) in [5.41, 5.74) is 1.14. The van der Waals surface area contributed by atoms with Gasteiger partial charge in [-0.2, -0.15) is 0 Å². The first-order valence-electron chi connectivity index (χ1n) is 7.71. The molecule has 0 saturated heterocycles. The first kappa shape index (κ1) is 17.0. The zero-order valence-electron chi connectivity index (χ0n) is 13.4. The van der Waals surface area contributed by atoms with Crippen molar-refractivity contribution in [1.29, 1.82) is 0 Å². The fourth-order valence-electron chi connectivity index (χ4n) is 2.10. The smallest absolute Gasteiger partial charge is 0.270 e.